The smallest absolute Gasteiger partial charge is 0.146 e. The van der Waals surface area contributed by atoms with Gasteiger partial charge in [-0.15, -0.1) is 0 Å². The first-order valence-corrected chi connectivity index (χ1v) is 10.6. The lowest BCUT2D eigenvalue weighted by Crippen LogP contribution is -2.47. The second-order valence-corrected chi connectivity index (χ2v) is 8.51. The molecule has 29 heavy (non-hydrogen) atoms. The van der Waals surface area contributed by atoms with Crippen molar-refractivity contribution in [3.8, 4) is 6.07 Å². The van der Waals surface area contributed by atoms with E-state index >= 15 is 0 Å². The van der Waals surface area contributed by atoms with Crippen molar-refractivity contribution in [2.45, 2.75) is 12.5 Å². The van der Waals surface area contributed by atoms with Gasteiger partial charge in [-0.05, 0) is 55.8 Å². The predicted octanol–water partition coefficient (Wildman–Crippen LogP) is 2.42. The summed E-state index contributed by atoms with van der Waals surface area (Å²) in [5.74, 6) is 1.65. The van der Waals surface area contributed by atoms with E-state index in [9.17, 15) is 5.26 Å². The molecule has 3 saturated heterocycles. The lowest BCUT2D eigenvalue weighted by Gasteiger charge is -2.37. The number of aromatic nitrogens is 1. The molecule has 150 valence electrons. The molecule has 5 rings (SSSR count). The Kier molecular flexibility index (Phi) is 4.76. The molecular formula is C23H28N6. The van der Waals surface area contributed by atoms with E-state index in [0.29, 0.717) is 11.6 Å². The number of likely N-dealkylation sites (N-methyl/N-ethyl adjacent to an activating group) is 1. The summed E-state index contributed by atoms with van der Waals surface area (Å²) < 4.78 is 0. The van der Waals surface area contributed by atoms with Gasteiger partial charge >= 0.3 is 0 Å². The van der Waals surface area contributed by atoms with Crippen molar-refractivity contribution in [2.24, 2.45) is 5.92 Å². The molecule has 6 heteroatoms. The normalized spacial score (nSPS) is 24.6. The second-order valence-electron chi connectivity index (χ2n) is 8.51. The van der Waals surface area contributed by atoms with E-state index in [4.69, 9.17) is 0 Å². The zero-order chi connectivity index (χ0) is 19.8. The zero-order valence-corrected chi connectivity index (χ0v) is 17.0. The lowest BCUT2D eigenvalue weighted by atomic mass is 10.0. The Morgan fingerprint density at radius 2 is 1.66 bits per heavy atom. The molecule has 0 spiro atoms. The Hall–Kier alpha value is -2.78. The highest BCUT2D eigenvalue weighted by molar-refractivity contribution is 5.59. The first kappa shape index (κ1) is 18.3. The highest BCUT2D eigenvalue weighted by atomic mass is 15.3. The van der Waals surface area contributed by atoms with Gasteiger partial charge in [0.1, 0.15) is 11.9 Å². The molecule has 1 unspecified atom stereocenters. The van der Waals surface area contributed by atoms with Gasteiger partial charge in [0.15, 0.2) is 0 Å². The molecule has 3 fully saturated rings. The molecule has 0 saturated carbocycles. The van der Waals surface area contributed by atoms with Gasteiger partial charge in [-0.3, -0.25) is 0 Å². The van der Waals surface area contributed by atoms with Gasteiger partial charge in [-0.2, -0.15) is 5.26 Å². The standard InChI is InChI=1S/C23H28N6/c1-26-16-19-8-10-29(22(19)17-26)21-6-4-20(5-7-21)27-11-13-28(14-12-27)23-18(15-24)3-2-9-25-23/h2-7,9,19,22H,8,10-14,16-17H2,1H3/t19?,22-/m0/s1. The van der Waals surface area contributed by atoms with Gasteiger partial charge in [0, 0.05) is 69.4 Å². The molecule has 3 aliphatic rings. The number of hydrogen-bond donors (Lipinski definition) is 0. The summed E-state index contributed by atoms with van der Waals surface area (Å²) >= 11 is 0. The summed E-state index contributed by atoms with van der Waals surface area (Å²) in [7, 11) is 2.24. The lowest BCUT2D eigenvalue weighted by molar-refractivity contribution is 0.386. The third-order valence-corrected chi connectivity index (χ3v) is 6.76. The van der Waals surface area contributed by atoms with Crippen LogP contribution in [0, 0.1) is 17.2 Å². The molecular weight excluding hydrogens is 360 g/mol. The van der Waals surface area contributed by atoms with Gasteiger partial charge in [0.05, 0.1) is 5.56 Å². The summed E-state index contributed by atoms with van der Waals surface area (Å²) in [6.07, 6.45) is 3.09. The van der Waals surface area contributed by atoms with E-state index in [0.717, 1.165) is 37.9 Å². The maximum atomic E-state index is 9.33. The van der Waals surface area contributed by atoms with Crippen molar-refractivity contribution in [1.29, 1.82) is 5.26 Å². The Balaban J connectivity index is 1.24. The topological polar surface area (TPSA) is 49.6 Å². The Morgan fingerprint density at radius 3 is 2.41 bits per heavy atom. The molecule has 6 nitrogen and oxygen atoms in total. The minimum atomic E-state index is 0.659. The van der Waals surface area contributed by atoms with E-state index in [-0.39, 0.29) is 0 Å². The van der Waals surface area contributed by atoms with Crippen molar-refractivity contribution in [3.63, 3.8) is 0 Å². The first-order valence-electron chi connectivity index (χ1n) is 10.6. The SMILES string of the molecule is CN1CC2CCN(c3ccc(N4CCN(c5ncccc5C#N)CC4)cc3)[C@H]2C1. The highest BCUT2D eigenvalue weighted by Crippen LogP contribution is 2.35. The number of nitrogens with zero attached hydrogens (tertiary/aromatic N) is 6. The van der Waals surface area contributed by atoms with Crippen LogP contribution in [-0.2, 0) is 0 Å². The molecule has 0 radical (unpaired) electrons. The fourth-order valence-corrected chi connectivity index (χ4v) is 5.26. The third kappa shape index (κ3) is 3.40. The molecule has 2 atom stereocenters. The van der Waals surface area contributed by atoms with Crippen LogP contribution in [-0.4, -0.2) is 68.8 Å². The summed E-state index contributed by atoms with van der Waals surface area (Å²) in [5.41, 5.74) is 3.31. The van der Waals surface area contributed by atoms with Crippen molar-refractivity contribution >= 4 is 17.2 Å². The summed E-state index contributed by atoms with van der Waals surface area (Å²) in [5, 5.41) is 9.33. The number of rotatable bonds is 3. The van der Waals surface area contributed by atoms with E-state index in [2.05, 4.69) is 62.0 Å². The largest absolute Gasteiger partial charge is 0.368 e. The average molecular weight is 389 g/mol. The fraction of sp³-hybridized carbons (Fsp3) is 0.478. The van der Waals surface area contributed by atoms with E-state index in [1.807, 2.05) is 12.1 Å². The van der Waals surface area contributed by atoms with Crippen molar-refractivity contribution in [2.75, 3.05) is 67.6 Å². The fourth-order valence-electron chi connectivity index (χ4n) is 5.26. The van der Waals surface area contributed by atoms with Crippen molar-refractivity contribution in [1.82, 2.24) is 9.88 Å². The Morgan fingerprint density at radius 1 is 0.931 bits per heavy atom. The third-order valence-electron chi connectivity index (χ3n) is 6.76. The van der Waals surface area contributed by atoms with E-state index < -0.39 is 0 Å². The minimum absolute atomic E-state index is 0.659. The second kappa shape index (κ2) is 7.57. The van der Waals surface area contributed by atoms with E-state index in [1.165, 1.54) is 37.4 Å². The summed E-state index contributed by atoms with van der Waals surface area (Å²) in [6, 6.07) is 15.8. The quantitative estimate of drug-likeness (QED) is 0.805. The maximum absolute atomic E-state index is 9.33. The van der Waals surface area contributed by atoms with Gasteiger partial charge < -0.3 is 19.6 Å². The van der Waals surface area contributed by atoms with Crippen LogP contribution < -0.4 is 14.7 Å². The number of anilines is 3. The van der Waals surface area contributed by atoms with Gasteiger partial charge in [-0.1, -0.05) is 0 Å². The highest BCUT2D eigenvalue weighted by Gasteiger charge is 2.40. The van der Waals surface area contributed by atoms with Crippen molar-refractivity contribution < 1.29 is 0 Å². The van der Waals surface area contributed by atoms with Crippen LogP contribution in [0.25, 0.3) is 0 Å². The molecule has 0 amide bonds. The maximum Gasteiger partial charge on any atom is 0.146 e. The van der Waals surface area contributed by atoms with Gasteiger partial charge in [0.25, 0.3) is 0 Å². The molecule has 0 bridgehead atoms. The Bertz CT molecular complexity index is 896. The van der Waals surface area contributed by atoms with Crippen molar-refractivity contribution in [3.05, 3.63) is 48.2 Å². The summed E-state index contributed by atoms with van der Waals surface area (Å²) in [6.45, 7) is 7.28. The van der Waals surface area contributed by atoms with Crippen LogP contribution >= 0.6 is 0 Å². The molecule has 3 aliphatic heterocycles. The summed E-state index contributed by atoms with van der Waals surface area (Å²) in [4.78, 5) is 14.2. The predicted molar refractivity (Wildman–Crippen MR) is 117 cm³/mol. The zero-order valence-electron chi connectivity index (χ0n) is 17.0. The van der Waals surface area contributed by atoms with Crippen LogP contribution in [0.5, 0.6) is 0 Å². The Labute approximate surface area is 173 Å². The number of hydrogen-bond acceptors (Lipinski definition) is 6. The monoisotopic (exact) mass is 388 g/mol. The van der Waals surface area contributed by atoms with Crippen LogP contribution in [0.1, 0.15) is 12.0 Å². The minimum Gasteiger partial charge on any atom is -0.368 e. The average Bonchev–Trinajstić information content (AvgIpc) is 3.33. The molecule has 0 aliphatic carbocycles. The number of benzene rings is 1. The van der Waals surface area contributed by atoms with E-state index in [1.54, 1.807) is 6.20 Å². The number of piperazine rings is 1. The number of pyridine rings is 1. The molecule has 0 N–H and O–H groups in total. The van der Waals surface area contributed by atoms with Crippen LogP contribution in [0.4, 0.5) is 17.2 Å². The molecule has 1 aromatic heterocycles. The van der Waals surface area contributed by atoms with Gasteiger partial charge in [-0.25, -0.2) is 4.98 Å². The number of likely N-dealkylation sites (tertiary alicyclic amines) is 1. The first-order chi connectivity index (χ1) is 14.2. The number of nitriles is 1. The molecule has 1 aromatic carbocycles. The van der Waals surface area contributed by atoms with Crippen LogP contribution in [0.2, 0.25) is 0 Å². The van der Waals surface area contributed by atoms with Crippen LogP contribution in [0.3, 0.4) is 0 Å². The molecule has 2 aromatic rings. The van der Waals surface area contributed by atoms with Crippen LogP contribution in [0.15, 0.2) is 42.6 Å². The molecule has 4 heterocycles. The van der Waals surface area contributed by atoms with Gasteiger partial charge in [0.2, 0.25) is 0 Å². The number of fused-ring (bicyclic) bond motifs is 1.